The highest BCUT2D eigenvalue weighted by atomic mass is 127. The summed E-state index contributed by atoms with van der Waals surface area (Å²) in [6.07, 6.45) is 1.46. The fourth-order valence-electron chi connectivity index (χ4n) is 1.87. The average molecular weight is 391 g/mol. The van der Waals surface area contributed by atoms with E-state index in [0.29, 0.717) is 11.3 Å². The van der Waals surface area contributed by atoms with E-state index in [9.17, 15) is 4.79 Å². The molecule has 0 aliphatic carbocycles. The van der Waals surface area contributed by atoms with E-state index in [-0.39, 0.29) is 5.91 Å². The standard InChI is InChI=1S/C14H10IN5O/c15-10-5-7-11(8-6-10)17-14(21)12-3-1-2-4-13(12)20-9-16-18-19-20/h1-9H,(H,17,21). The zero-order valence-corrected chi connectivity index (χ0v) is 12.9. The molecule has 0 aliphatic rings. The number of para-hydroxylation sites is 1. The Hall–Kier alpha value is -2.29. The van der Waals surface area contributed by atoms with Gasteiger partial charge in [-0.25, -0.2) is 0 Å². The number of hydrogen-bond acceptors (Lipinski definition) is 4. The van der Waals surface area contributed by atoms with Crippen molar-refractivity contribution >= 4 is 34.2 Å². The summed E-state index contributed by atoms with van der Waals surface area (Å²) in [5, 5.41) is 13.9. The van der Waals surface area contributed by atoms with Crippen LogP contribution in [0.1, 0.15) is 10.4 Å². The normalized spacial score (nSPS) is 10.3. The maximum Gasteiger partial charge on any atom is 0.257 e. The summed E-state index contributed by atoms with van der Waals surface area (Å²) in [4.78, 5) is 12.4. The Morgan fingerprint density at radius 3 is 2.57 bits per heavy atom. The largest absolute Gasteiger partial charge is 0.322 e. The molecule has 3 rings (SSSR count). The number of tetrazole rings is 1. The zero-order chi connectivity index (χ0) is 14.7. The lowest BCUT2D eigenvalue weighted by Crippen LogP contribution is -2.15. The summed E-state index contributed by atoms with van der Waals surface area (Å²) in [6, 6.07) is 14.7. The first-order valence-electron chi connectivity index (χ1n) is 6.13. The second-order valence-electron chi connectivity index (χ2n) is 4.23. The Kier molecular flexibility index (Phi) is 3.91. The van der Waals surface area contributed by atoms with Gasteiger partial charge in [0.25, 0.3) is 5.91 Å². The van der Waals surface area contributed by atoms with Crippen LogP contribution in [0.3, 0.4) is 0 Å². The minimum Gasteiger partial charge on any atom is -0.322 e. The van der Waals surface area contributed by atoms with Gasteiger partial charge in [0, 0.05) is 9.26 Å². The van der Waals surface area contributed by atoms with E-state index in [4.69, 9.17) is 0 Å². The highest BCUT2D eigenvalue weighted by molar-refractivity contribution is 14.1. The molecule has 0 radical (unpaired) electrons. The van der Waals surface area contributed by atoms with Crippen molar-refractivity contribution in [3.63, 3.8) is 0 Å². The van der Waals surface area contributed by atoms with Gasteiger partial charge in [-0.15, -0.1) is 5.10 Å². The average Bonchev–Trinajstić information content (AvgIpc) is 3.04. The van der Waals surface area contributed by atoms with Crippen molar-refractivity contribution in [3.05, 3.63) is 64.0 Å². The van der Waals surface area contributed by atoms with Gasteiger partial charge in [-0.1, -0.05) is 12.1 Å². The van der Waals surface area contributed by atoms with Crippen molar-refractivity contribution in [3.8, 4) is 5.69 Å². The number of hydrogen-bond donors (Lipinski definition) is 1. The van der Waals surface area contributed by atoms with Crippen LogP contribution in [0.4, 0.5) is 5.69 Å². The molecule has 0 saturated carbocycles. The molecule has 1 aromatic heterocycles. The minimum absolute atomic E-state index is 0.206. The molecular weight excluding hydrogens is 381 g/mol. The smallest absolute Gasteiger partial charge is 0.257 e. The monoisotopic (exact) mass is 391 g/mol. The number of carbonyl (C=O) groups excluding carboxylic acids is 1. The summed E-state index contributed by atoms with van der Waals surface area (Å²) in [5.74, 6) is -0.206. The maximum absolute atomic E-state index is 12.4. The molecular formula is C14H10IN5O. The number of nitrogens with zero attached hydrogens (tertiary/aromatic N) is 4. The minimum atomic E-state index is -0.206. The van der Waals surface area contributed by atoms with E-state index in [1.54, 1.807) is 18.2 Å². The molecule has 1 amide bonds. The van der Waals surface area contributed by atoms with Crippen molar-refractivity contribution in [2.75, 3.05) is 5.32 Å². The van der Waals surface area contributed by atoms with E-state index in [1.165, 1.54) is 11.0 Å². The van der Waals surface area contributed by atoms with Gasteiger partial charge in [-0.3, -0.25) is 4.79 Å². The van der Waals surface area contributed by atoms with Gasteiger partial charge < -0.3 is 5.32 Å². The van der Waals surface area contributed by atoms with Crippen LogP contribution in [0.5, 0.6) is 0 Å². The van der Waals surface area contributed by atoms with Crippen LogP contribution in [0.15, 0.2) is 54.9 Å². The third-order valence-corrected chi connectivity index (χ3v) is 3.57. The van der Waals surface area contributed by atoms with Crippen molar-refractivity contribution in [2.45, 2.75) is 0 Å². The molecule has 1 N–H and O–H groups in total. The number of amides is 1. The number of rotatable bonds is 3. The van der Waals surface area contributed by atoms with Crippen LogP contribution >= 0.6 is 22.6 Å². The highest BCUT2D eigenvalue weighted by Crippen LogP contribution is 2.16. The van der Waals surface area contributed by atoms with E-state index in [0.717, 1.165) is 9.26 Å². The highest BCUT2D eigenvalue weighted by Gasteiger charge is 2.13. The predicted molar refractivity (Wildman–Crippen MR) is 86.3 cm³/mol. The van der Waals surface area contributed by atoms with Gasteiger partial charge in [0.2, 0.25) is 0 Å². The number of halogens is 1. The molecule has 2 aromatic carbocycles. The Balaban J connectivity index is 1.90. The third-order valence-electron chi connectivity index (χ3n) is 2.85. The molecule has 0 spiro atoms. The van der Waals surface area contributed by atoms with Crippen molar-refractivity contribution in [1.29, 1.82) is 0 Å². The molecule has 3 aromatic rings. The predicted octanol–water partition coefficient (Wildman–Crippen LogP) is 2.52. The van der Waals surface area contributed by atoms with Crippen LogP contribution in [-0.4, -0.2) is 26.1 Å². The number of anilines is 1. The van der Waals surface area contributed by atoms with Crippen LogP contribution in [0.25, 0.3) is 5.69 Å². The Morgan fingerprint density at radius 2 is 1.86 bits per heavy atom. The fraction of sp³-hybridized carbons (Fsp3) is 0. The molecule has 21 heavy (non-hydrogen) atoms. The van der Waals surface area contributed by atoms with Crippen molar-refractivity contribution in [1.82, 2.24) is 20.2 Å². The molecule has 0 aliphatic heterocycles. The first-order valence-corrected chi connectivity index (χ1v) is 7.21. The first-order chi connectivity index (χ1) is 10.2. The molecule has 0 saturated heterocycles. The second kappa shape index (κ2) is 6.00. The maximum atomic E-state index is 12.4. The molecule has 0 atom stereocenters. The molecule has 0 bridgehead atoms. The summed E-state index contributed by atoms with van der Waals surface area (Å²) in [5.41, 5.74) is 1.88. The quantitative estimate of drug-likeness (QED) is 0.697. The Labute approximate surface area is 134 Å². The van der Waals surface area contributed by atoms with E-state index < -0.39 is 0 Å². The molecule has 0 fully saturated rings. The lowest BCUT2D eigenvalue weighted by Gasteiger charge is -2.09. The Bertz CT molecular complexity index is 755. The molecule has 1 heterocycles. The van der Waals surface area contributed by atoms with E-state index >= 15 is 0 Å². The SMILES string of the molecule is O=C(Nc1ccc(I)cc1)c1ccccc1-n1cnnn1. The van der Waals surface area contributed by atoms with Gasteiger partial charge >= 0.3 is 0 Å². The Morgan fingerprint density at radius 1 is 1.10 bits per heavy atom. The first kappa shape index (κ1) is 13.7. The molecule has 104 valence electrons. The van der Waals surface area contributed by atoms with Crippen LogP contribution in [0.2, 0.25) is 0 Å². The van der Waals surface area contributed by atoms with Gasteiger partial charge in [-0.2, -0.15) is 4.68 Å². The van der Waals surface area contributed by atoms with Gasteiger partial charge in [-0.05, 0) is 69.4 Å². The lowest BCUT2D eigenvalue weighted by molar-refractivity contribution is 0.102. The van der Waals surface area contributed by atoms with Crippen LogP contribution in [0, 0.1) is 3.57 Å². The molecule has 7 heteroatoms. The molecule has 6 nitrogen and oxygen atoms in total. The number of nitrogens with one attached hydrogen (secondary N) is 1. The van der Waals surface area contributed by atoms with Crippen molar-refractivity contribution < 1.29 is 4.79 Å². The van der Waals surface area contributed by atoms with Crippen LogP contribution in [-0.2, 0) is 0 Å². The summed E-state index contributed by atoms with van der Waals surface area (Å²) < 4.78 is 2.57. The van der Waals surface area contributed by atoms with Gasteiger partial charge in [0.1, 0.15) is 6.33 Å². The third kappa shape index (κ3) is 3.07. The van der Waals surface area contributed by atoms with Gasteiger partial charge in [0.15, 0.2) is 0 Å². The summed E-state index contributed by atoms with van der Waals surface area (Å²) in [7, 11) is 0. The summed E-state index contributed by atoms with van der Waals surface area (Å²) in [6.45, 7) is 0. The van der Waals surface area contributed by atoms with Crippen molar-refractivity contribution in [2.24, 2.45) is 0 Å². The van der Waals surface area contributed by atoms with E-state index in [1.807, 2.05) is 30.3 Å². The second-order valence-corrected chi connectivity index (χ2v) is 5.48. The van der Waals surface area contributed by atoms with Gasteiger partial charge in [0.05, 0.1) is 11.3 Å². The number of benzene rings is 2. The molecule has 0 unspecified atom stereocenters. The fourth-order valence-corrected chi connectivity index (χ4v) is 2.23. The number of carbonyl (C=O) groups is 1. The summed E-state index contributed by atoms with van der Waals surface area (Å²) >= 11 is 2.22. The zero-order valence-electron chi connectivity index (χ0n) is 10.8. The van der Waals surface area contributed by atoms with E-state index in [2.05, 4.69) is 43.4 Å². The number of aromatic nitrogens is 4. The topological polar surface area (TPSA) is 72.7 Å². The van der Waals surface area contributed by atoms with Crippen LogP contribution < -0.4 is 5.32 Å². The lowest BCUT2D eigenvalue weighted by atomic mass is 10.1.